The van der Waals surface area contributed by atoms with Crippen LogP contribution in [0.15, 0.2) is 24.5 Å². The number of aromatic amines is 2. The van der Waals surface area contributed by atoms with Gasteiger partial charge in [-0.25, -0.2) is 19.6 Å². The number of methoxy groups -OCH3 is 2. The fraction of sp³-hybridized carbons (Fsp3) is 0.611. The zero-order valence-corrected chi connectivity index (χ0v) is 29.5. The maximum absolute atomic E-state index is 13.1. The predicted molar refractivity (Wildman–Crippen MR) is 185 cm³/mol. The van der Waals surface area contributed by atoms with Gasteiger partial charge in [-0.1, -0.05) is 12.2 Å². The monoisotopic (exact) mass is 690 g/mol. The van der Waals surface area contributed by atoms with E-state index in [9.17, 15) is 19.2 Å². The van der Waals surface area contributed by atoms with Crippen LogP contribution in [0.3, 0.4) is 0 Å². The number of amides is 4. The van der Waals surface area contributed by atoms with Crippen molar-refractivity contribution in [3.8, 4) is 0 Å². The molecule has 6 atom stereocenters. The third-order valence-corrected chi connectivity index (χ3v) is 10.9. The minimum Gasteiger partial charge on any atom is -0.453 e. The van der Waals surface area contributed by atoms with Gasteiger partial charge in [0.25, 0.3) is 0 Å². The normalized spacial score (nSPS) is 25.0. The molecule has 270 valence electrons. The third kappa shape index (κ3) is 7.58. The standard InChI is InChI=1S/C36H50N8O6/c1-21(39-35(47)49-3)33(45)43-17-5-7-29(43)31-37-19-27(41-31)25-13-9-23(10-14-25)24-11-15-26(16-12-24)28-20-38-32(42-28)30-8-6-18-44(30)34(46)22(2)40-36(48)50-4/h13,15,19-24,29-30H,5-12,14,16-18H2,1-4H3,(H,37,41)(H,38,42)(H,39,47)(H,40,48)/t21-,22+,23?,24?,29-,30-/m0/s1. The predicted octanol–water partition coefficient (Wildman–Crippen LogP) is 5.02. The first-order chi connectivity index (χ1) is 24.2. The van der Waals surface area contributed by atoms with Crippen LogP contribution in [0.25, 0.3) is 11.1 Å². The van der Waals surface area contributed by atoms with Crippen molar-refractivity contribution in [3.63, 3.8) is 0 Å². The van der Waals surface area contributed by atoms with Gasteiger partial charge in [-0.2, -0.15) is 0 Å². The van der Waals surface area contributed by atoms with Crippen LogP contribution in [0.5, 0.6) is 0 Å². The van der Waals surface area contributed by atoms with Gasteiger partial charge in [0.05, 0.1) is 50.1 Å². The number of aromatic nitrogens is 4. The topological polar surface area (TPSA) is 175 Å². The van der Waals surface area contributed by atoms with Crippen molar-refractivity contribution >= 4 is 35.1 Å². The first kappa shape index (κ1) is 35.2. The Morgan fingerprint density at radius 3 is 1.50 bits per heavy atom. The number of hydrogen-bond acceptors (Lipinski definition) is 8. The van der Waals surface area contributed by atoms with Crippen LogP contribution in [-0.2, 0) is 19.1 Å². The first-order valence-corrected chi connectivity index (χ1v) is 17.9. The molecule has 14 heteroatoms. The lowest BCUT2D eigenvalue weighted by molar-refractivity contribution is -0.134. The number of carbonyl (C=O) groups excluding carboxylic acids is 4. The fourth-order valence-electron chi connectivity index (χ4n) is 8.11. The zero-order valence-electron chi connectivity index (χ0n) is 29.5. The third-order valence-electron chi connectivity index (χ3n) is 10.9. The Morgan fingerprint density at radius 1 is 0.720 bits per heavy atom. The van der Waals surface area contributed by atoms with Crippen LogP contribution < -0.4 is 10.6 Å². The highest BCUT2D eigenvalue weighted by Gasteiger charge is 2.37. The number of ether oxygens (including phenoxy) is 2. The van der Waals surface area contributed by atoms with E-state index in [1.54, 1.807) is 13.8 Å². The molecule has 0 radical (unpaired) electrons. The summed E-state index contributed by atoms with van der Waals surface area (Å²) in [5.41, 5.74) is 4.61. The molecule has 0 spiro atoms. The number of H-pyrrole nitrogens is 2. The van der Waals surface area contributed by atoms with Crippen LogP contribution in [0.1, 0.15) is 113 Å². The molecule has 0 saturated carbocycles. The molecular weight excluding hydrogens is 640 g/mol. The second-order valence-electron chi connectivity index (χ2n) is 14.0. The Labute approximate surface area is 292 Å². The van der Waals surface area contributed by atoms with Crippen LogP contribution in [0.2, 0.25) is 0 Å². The second-order valence-corrected chi connectivity index (χ2v) is 14.0. The Kier molecular flexibility index (Phi) is 10.9. The lowest BCUT2D eigenvalue weighted by Crippen LogP contribution is -2.46. The van der Waals surface area contributed by atoms with Gasteiger partial charge in [-0.3, -0.25) is 9.59 Å². The van der Waals surface area contributed by atoms with E-state index >= 15 is 0 Å². The van der Waals surface area contributed by atoms with Gasteiger partial charge in [0, 0.05) is 13.1 Å². The van der Waals surface area contributed by atoms with E-state index in [4.69, 9.17) is 9.97 Å². The smallest absolute Gasteiger partial charge is 0.407 e. The van der Waals surface area contributed by atoms with E-state index in [2.05, 4.69) is 42.2 Å². The molecule has 2 unspecified atom stereocenters. The summed E-state index contributed by atoms with van der Waals surface area (Å²) in [6.07, 6.45) is 17.0. The van der Waals surface area contributed by atoms with Crippen molar-refractivity contribution in [1.82, 2.24) is 40.4 Å². The minimum atomic E-state index is -0.675. The summed E-state index contributed by atoms with van der Waals surface area (Å²) in [6, 6.07) is -1.62. The molecule has 4 heterocycles. The second kappa shape index (κ2) is 15.5. The molecule has 2 fully saturated rings. The van der Waals surface area contributed by atoms with Gasteiger partial charge in [0.1, 0.15) is 23.7 Å². The van der Waals surface area contributed by atoms with Crippen LogP contribution >= 0.6 is 0 Å². The zero-order chi connectivity index (χ0) is 35.4. The first-order valence-electron chi connectivity index (χ1n) is 17.9. The molecule has 14 nitrogen and oxygen atoms in total. The molecule has 4 N–H and O–H groups in total. The van der Waals surface area contributed by atoms with Gasteiger partial charge in [0.2, 0.25) is 11.8 Å². The van der Waals surface area contributed by atoms with E-state index in [1.165, 1.54) is 25.4 Å². The lowest BCUT2D eigenvalue weighted by atomic mass is 9.74. The van der Waals surface area contributed by atoms with Crippen LogP contribution in [0, 0.1) is 11.8 Å². The molecule has 0 bridgehead atoms. The molecule has 4 aliphatic rings. The lowest BCUT2D eigenvalue weighted by Gasteiger charge is -2.32. The highest BCUT2D eigenvalue weighted by molar-refractivity contribution is 5.86. The molecule has 0 aromatic carbocycles. The van der Waals surface area contributed by atoms with Crippen molar-refractivity contribution in [2.45, 2.75) is 102 Å². The summed E-state index contributed by atoms with van der Waals surface area (Å²) in [7, 11) is 2.57. The van der Waals surface area contributed by atoms with Crippen molar-refractivity contribution in [2.75, 3.05) is 27.3 Å². The average Bonchev–Trinajstić information content (AvgIpc) is 3.97. The Bertz CT molecular complexity index is 1510. The number of hydrogen-bond donors (Lipinski definition) is 4. The van der Waals surface area contributed by atoms with Gasteiger partial charge >= 0.3 is 12.2 Å². The van der Waals surface area contributed by atoms with Gasteiger partial charge in [-0.05, 0) is 101 Å². The number of alkyl carbamates (subject to hydrolysis) is 2. The van der Waals surface area contributed by atoms with Crippen molar-refractivity contribution in [1.29, 1.82) is 0 Å². The summed E-state index contributed by atoms with van der Waals surface area (Å²) in [4.78, 5) is 69.5. The summed E-state index contributed by atoms with van der Waals surface area (Å²) in [5.74, 6) is 2.57. The summed E-state index contributed by atoms with van der Waals surface area (Å²) in [6.45, 7) is 4.61. The SMILES string of the molecule is COC(=O)N[C@@H](C)C(=O)N1CCC[C@H]1c1ncc(C2=CCC(C3CC=C(c4cnc([C@@H]5CCCN5C(=O)[C@@H](C)NC(=O)OC)[nH]4)CC3)CC2)[nH]1. The maximum Gasteiger partial charge on any atom is 0.407 e. The number of likely N-dealkylation sites (tertiary alicyclic amines) is 2. The van der Waals surface area contributed by atoms with E-state index < -0.39 is 24.3 Å². The van der Waals surface area contributed by atoms with Gasteiger partial charge in [-0.15, -0.1) is 0 Å². The number of nitrogens with zero attached hydrogens (tertiary/aromatic N) is 4. The number of rotatable bonds is 9. The number of carbonyl (C=O) groups is 4. The van der Waals surface area contributed by atoms with Crippen LogP contribution in [-0.4, -0.2) is 93.1 Å². The van der Waals surface area contributed by atoms with E-state index in [-0.39, 0.29) is 23.9 Å². The molecule has 2 aromatic rings. The number of allylic oxidation sites excluding steroid dienone is 4. The molecule has 6 rings (SSSR count). The minimum absolute atomic E-state index is 0.136. The van der Waals surface area contributed by atoms with Crippen molar-refractivity contribution in [2.24, 2.45) is 11.8 Å². The molecule has 2 aromatic heterocycles. The molecular formula is C36H50N8O6. The summed E-state index contributed by atoms with van der Waals surface area (Å²) < 4.78 is 9.31. The largest absolute Gasteiger partial charge is 0.453 e. The number of imidazole rings is 2. The van der Waals surface area contributed by atoms with Crippen molar-refractivity contribution < 1.29 is 28.7 Å². The molecule has 50 heavy (non-hydrogen) atoms. The molecule has 4 amide bonds. The maximum atomic E-state index is 13.1. The summed E-state index contributed by atoms with van der Waals surface area (Å²) in [5, 5.41) is 5.15. The Morgan fingerprint density at radius 2 is 1.14 bits per heavy atom. The Hall–Kier alpha value is -4.62. The summed E-state index contributed by atoms with van der Waals surface area (Å²) >= 11 is 0. The Balaban J connectivity index is 1.02. The van der Waals surface area contributed by atoms with Crippen LogP contribution in [0.4, 0.5) is 9.59 Å². The highest BCUT2D eigenvalue weighted by Crippen LogP contribution is 2.42. The average molecular weight is 691 g/mol. The van der Waals surface area contributed by atoms with Gasteiger partial charge < -0.3 is 39.9 Å². The molecule has 2 aliphatic heterocycles. The highest BCUT2D eigenvalue weighted by atomic mass is 16.5. The van der Waals surface area contributed by atoms with E-state index in [0.29, 0.717) is 24.9 Å². The van der Waals surface area contributed by atoms with E-state index in [0.717, 1.165) is 87.2 Å². The fourth-order valence-corrected chi connectivity index (χ4v) is 8.11. The van der Waals surface area contributed by atoms with E-state index in [1.807, 2.05) is 22.2 Å². The van der Waals surface area contributed by atoms with Gasteiger partial charge in [0.15, 0.2) is 0 Å². The molecule has 2 aliphatic carbocycles. The number of nitrogens with one attached hydrogen (secondary N) is 4. The molecule has 2 saturated heterocycles. The quantitative estimate of drug-likeness (QED) is 0.284. The van der Waals surface area contributed by atoms with Crippen molar-refractivity contribution in [3.05, 3.63) is 47.6 Å².